The molecule has 0 spiro atoms. The molecule has 4 nitrogen and oxygen atoms in total. The fourth-order valence-corrected chi connectivity index (χ4v) is 0.870. The number of ether oxygens (including phenoxy) is 1. The van der Waals surface area contributed by atoms with E-state index in [1.165, 1.54) is 0 Å². The average Bonchev–Trinajstić information content (AvgIpc) is 2.05. The topological polar surface area (TPSA) is 63.6 Å². The zero-order chi connectivity index (χ0) is 10.3. The van der Waals surface area contributed by atoms with Gasteiger partial charge in [-0.15, -0.1) is 6.58 Å². The van der Waals surface area contributed by atoms with E-state index in [4.69, 9.17) is 5.11 Å². The van der Waals surface area contributed by atoms with Crippen molar-refractivity contribution in [2.24, 2.45) is 5.92 Å². The first-order chi connectivity index (χ1) is 6.13. The van der Waals surface area contributed by atoms with Crippen molar-refractivity contribution in [3.63, 3.8) is 0 Å². The maximum atomic E-state index is 11.1. The van der Waals surface area contributed by atoms with Gasteiger partial charge in [0.1, 0.15) is 0 Å². The number of carbonyl (C=O) groups is 2. The molecule has 0 radical (unpaired) electrons. The molecule has 13 heavy (non-hydrogen) atoms. The summed E-state index contributed by atoms with van der Waals surface area (Å²) in [6.07, 6.45) is 2.32. The number of allylic oxidation sites excluding steroid dienone is 1. The Labute approximate surface area is 77.2 Å². The predicted molar refractivity (Wildman–Crippen MR) is 47.2 cm³/mol. The molecule has 0 fully saturated rings. The molecule has 1 atom stereocenters. The molecule has 0 saturated carbocycles. The average molecular weight is 186 g/mol. The van der Waals surface area contributed by atoms with Crippen molar-refractivity contribution in [2.45, 2.75) is 19.8 Å². The van der Waals surface area contributed by atoms with Crippen molar-refractivity contribution < 1.29 is 19.4 Å². The quantitative estimate of drug-likeness (QED) is 0.385. The monoisotopic (exact) mass is 186 g/mol. The molecule has 4 heteroatoms. The second-order valence-electron chi connectivity index (χ2n) is 2.51. The van der Waals surface area contributed by atoms with E-state index >= 15 is 0 Å². The summed E-state index contributed by atoms with van der Waals surface area (Å²) in [6.45, 7) is 5.30. The second kappa shape index (κ2) is 6.22. The van der Waals surface area contributed by atoms with Crippen molar-refractivity contribution in [3.05, 3.63) is 12.7 Å². The maximum absolute atomic E-state index is 11.1. The summed E-state index contributed by atoms with van der Waals surface area (Å²) < 4.78 is 4.61. The molecule has 0 aromatic heterocycles. The summed E-state index contributed by atoms with van der Waals surface area (Å²) >= 11 is 0. The van der Waals surface area contributed by atoms with E-state index in [1.54, 1.807) is 13.0 Å². The maximum Gasteiger partial charge on any atom is 0.320 e. The van der Waals surface area contributed by atoms with E-state index in [1.807, 2.05) is 0 Å². The summed E-state index contributed by atoms with van der Waals surface area (Å²) in [4.78, 5) is 21.6. The summed E-state index contributed by atoms with van der Waals surface area (Å²) in [5.41, 5.74) is 0. The number of aliphatic carboxylic acids is 1. The van der Waals surface area contributed by atoms with Crippen LogP contribution in [0.15, 0.2) is 12.7 Å². The van der Waals surface area contributed by atoms with Gasteiger partial charge in [-0.3, -0.25) is 9.59 Å². The molecule has 0 aliphatic carbocycles. The van der Waals surface area contributed by atoms with Gasteiger partial charge in [0.15, 0.2) is 5.92 Å². The Bertz CT molecular complexity index is 198. The highest BCUT2D eigenvalue weighted by atomic mass is 16.5. The fourth-order valence-electron chi connectivity index (χ4n) is 0.870. The molecule has 0 saturated heterocycles. The lowest BCUT2D eigenvalue weighted by Gasteiger charge is -2.09. The number of hydrogen-bond acceptors (Lipinski definition) is 3. The number of rotatable bonds is 6. The zero-order valence-corrected chi connectivity index (χ0v) is 7.66. The minimum Gasteiger partial charge on any atom is -0.481 e. The van der Waals surface area contributed by atoms with Gasteiger partial charge in [-0.25, -0.2) is 0 Å². The number of carboxylic acid groups (broad SMARTS) is 1. The molecule has 0 aromatic rings. The van der Waals surface area contributed by atoms with E-state index in [0.29, 0.717) is 6.42 Å². The SMILES string of the molecule is C=CCCC(C(=O)O)C(=O)OCC. The second-order valence-corrected chi connectivity index (χ2v) is 2.51. The number of esters is 1. The molecule has 0 rings (SSSR count). The van der Waals surface area contributed by atoms with Crippen molar-refractivity contribution in [1.82, 2.24) is 0 Å². The van der Waals surface area contributed by atoms with E-state index in [2.05, 4.69) is 11.3 Å². The first-order valence-electron chi connectivity index (χ1n) is 4.13. The summed E-state index contributed by atoms with van der Waals surface area (Å²) in [5.74, 6) is -2.87. The van der Waals surface area contributed by atoms with Gasteiger partial charge >= 0.3 is 11.9 Å². The van der Waals surface area contributed by atoms with Gasteiger partial charge < -0.3 is 9.84 Å². The summed E-state index contributed by atoms with van der Waals surface area (Å²) in [7, 11) is 0. The van der Waals surface area contributed by atoms with Crippen LogP contribution >= 0.6 is 0 Å². The fraction of sp³-hybridized carbons (Fsp3) is 0.556. The third kappa shape index (κ3) is 4.30. The molecule has 1 unspecified atom stereocenters. The number of hydrogen-bond donors (Lipinski definition) is 1. The molecule has 0 aliphatic heterocycles. The van der Waals surface area contributed by atoms with Gasteiger partial charge in [0, 0.05) is 0 Å². The Balaban J connectivity index is 4.15. The van der Waals surface area contributed by atoms with Crippen molar-refractivity contribution >= 4 is 11.9 Å². The van der Waals surface area contributed by atoms with Crippen molar-refractivity contribution in [3.8, 4) is 0 Å². The molecule has 74 valence electrons. The van der Waals surface area contributed by atoms with Gasteiger partial charge in [0.25, 0.3) is 0 Å². The third-order valence-electron chi connectivity index (χ3n) is 1.53. The van der Waals surface area contributed by atoms with Crippen LogP contribution in [0.1, 0.15) is 19.8 Å². The van der Waals surface area contributed by atoms with Crippen LogP contribution in [0.3, 0.4) is 0 Å². The number of carboxylic acids is 1. The lowest BCUT2D eigenvalue weighted by molar-refractivity contribution is -0.158. The van der Waals surface area contributed by atoms with Crippen LogP contribution in [0, 0.1) is 5.92 Å². The van der Waals surface area contributed by atoms with Crippen molar-refractivity contribution in [2.75, 3.05) is 6.61 Å². The zero-order valence-electron chi connectivity index (χ0n) is 7.66. The van der Waals surface area contributed by atoms with Crippen LogP contribution in [-0.2, 0) is 14.3 Å². The predicted octanol–water partition coefficient (Wildman–Crippen LogP) is 1.22. The minimum atomic E-state index is -1.14. The van der Waals surface area contributed by atoms with Crippen LogP contribution in [0.4, 0.5) is 0 Å². The van der Waals surface area contributed by atoms with Gasteiger partial charge in [-0.1, -0.05) is 6.08 Å². The highest BCUT2D eigenvalue weighted by molar-refractivity contribution is 5.93. The molecule has 0 aliphatic rings. The van der Waals surface area contributed by atoms with E-state index in [0.717, 1.165) is 0 Å². The molecule has 0 bridgehead atoms. The van der Waals surface area contributed by atoms with Crippen LogP contribution in [0.5, 0.6) is 0 Å². The smallest absolute Gasteiger partial charge is 0.320 e. The van der Waals surface area contributed by atoms with E-state index < -0.39 is 17.9 Å². The third-order valence-corrected chi connectivity index (χ3v) is 1.53. The van der Waals surface area contributed by atoms with Gasteiger partial charge in [0.05, 0.1) is 6.61 Å². The molecule has 0 amide bonds. The highest BCUT2D eigenvalue weighted by Crippen LogP contribution is 2.09. The standard InChI is InChI=1S/C9H14O4/c1-3-5-6-7(8(10)11)9(12)13-4-2/h3,7H,1,4-6H2,2H3,(H,10,11). The van der Waals surface area contributed by atoms with Crippen LogP contribution < -0.4 is 0 Å². The summed E-state index contributed by atoms with van der Waals surface area (Å²) in [6, 6.07) is 0. The Kier molecular flexibility index (Phi) is 5.59. The molecule has 1 N–H and O–H groups in total. The van der Waals surface area contributed by atoms with Crippen molar-refractivity contribution in [1.29, 1.82) is 0 Å². The molecular weight excluding hydrogens is 172 g/mol. The van der Waals surface area contributed by atoms with Gasteiger partial charge in [-0.05, 0) is 19.8 Å². The number of carbonyl (C=O) groups excluding carboxylic acids is 1. The van der Waals surface area contributed by atoms with E-state index in [9.17, 15) is 9.59 Å². The van der Waals surface area contributed by atoms with Crippen LogP contribution in [0.2, 0.25) is 0 Å². The highest BCUT2D eigenvalue weighted by Gasteiger charge is 2.26. The van der Waals surface area contributed by atoms with Gasteiger partial charge in [-0.2, -0.15) is 0 Å². The van der Waals surface area contributed by atoms with E-state index in [-0.39, 0.29) is 13.0 Å². The first-order valence-corrected chi connectivity index (χ1v) is 4.13. The van der Waals surface area contributed by atoms with Gasteiger partial charge in [0.2, 0.25) is 0 Å². The molecule has 0 aromatic carbocycles. The Morgan fingerprint density at radius 3 is 2.62 bits per heavy atom. The Morgan fingerprint density at radius 1 is 1.62 bits per heavy atom. The molecule has 0 heterocycles. The van der Waals surface area contributed by atoms with Crippen LogP contribution in [0.25, 0.3) is 0 Å². The largest absolute Gasteiger partial charge is 0.481 e. The lowest BCUT2D eigenvalue weighted by atomic mass is 10.0. The normalized spacial score (nSPS) is 11.8. The summed E-state index contributed by atoms with van der Waals surface area (Å²) in [5, 5.41) is 8.66. The molecular formula is C9H14O4. The lowest BCUT2D eigenvalue weighted by Crippen LogP contribution is -2.25. The minimum absolute atomic E-state index is 0.205. The first kappa shape index (κ1) is 11.7. The van der Waals surface area contributed by atoms with Crippen LogP contribution in [-0.4, -0.2) is 23.7 Å². The Morgan fingerprint density at radius 2 is 2.23 bits per heavy atom. The Hall–Kier alpha value is -1.32.